The molecular weight excluding hydrogens is 226 g/mol. The van der Waals surface area contributed by atoms with Gasteiger partial charge in [0.05, 0.1) is 5.56 Å². The van der Waals surface area contributed by atoms with Crippen molar-refractivity contribution >= 4 is 11.7 Å². The second-order valence-electron chi connectivity index (χ2n) is 4.73. The number of carbonyl (C=O) groups excluding carboxylic acids is 1. The van der Waals surface area contributed by atoms with Crippen LogP contribution in [-0.4, -0.2) is 10.9 Å². The summed E-state index contributed by atoms with van der Waals surface area (Å²) in [4.78, 5) is 15.6. The molecule has 0 unspecified atom stereocenters. The Balaban J connectivity index is 2.29. The number of nitrogens with zero attached hydrogens (tertiary/aromatic N) is 2. The van der Waals surface area contributed by atoms with Crippen molar-refractivity contribution in [3.05, 3.63) is 23.9 Å². The highest BCUT2D eigenvalue weighted by atomic mass is 16.1. The van der Waals surface area contributed by atoms with Crippen molar-refractivity contribution in [1.29, 1.82) is 5.26 Å². The van der Waals surface area contributed by atoms with Gasteiger partial charge in [-0.1, -0.05) is 26.7 Å². The van der Waals surface area contributed by atoms with E-state index in [1.807, 2.05) is 6.07 Å². The summed E-state index contributed by atoms with van der Waals surface area (Å²) in [7, 11) is 0. The van der Waals surface area contributed by atoms with Crippen LogP contribution in [-0.2, 0) is 4.79 Å². The Hall–Kier alpha value is -1.89. The van der Waals surface area contributed by atoms with Gasteiger partial charge in [0.25, 0.3) is 0 Å². The van der Waals surface area contributed by atoms with Gasteiger partial charge in [0, 0.05) is 12.6 Å². The number of hydrogen-bond acceptors (Lipinski definition) is 3. The summed E-state index contributed by atoms with van der Waals surface area (Å²) in [6, 6.07) is 5.27. The minimum atomic E-state index is -0.0176. The second kappa shape index (κ2) is 7.44. The predicted octanol–water partition coefficient (Wildman–Crippen LogP) is 3.11. The van der Waals surface area contributed by atoms with Crippen molar-refractivity contribution in [2.45, 2.75) is 39.5 Å². The molecule has 4 heteroatoms. The maximum Gasteiger partial charge on any atom is 0.225 e. The summed E-state index contributed by atoms with van der Waals surface area (Å²) in [5.41, 5.74) is 0.491. The van der Waals surface area contributed by atoms with Gasteiger partial charge >= 0.3 is 0 Å². The van der Waals surface area contributed by atoms with Gasteiger partial charge < -0.3 is 5.32 Å². The number of nitrogens with one attached hydrogen (secondary N) is 1. The fraction of sp³-hybridized carbons (Fsp3) is 0.500. The van der Waals surface area contributed by atoms with Gasteiger partial charge in [-0.25, -0.2) is 4.98 Å². The normalized spacial score (nSPS) is 10.1. The average Bonchev–Trinajstić information content (AvgIpc) is 2.35. The smallest absolute Gasteiger partial charge is 0.225 e. The molecule has 1 aromatic rings. The lowest BCUT2D eigenvalue weighted by molar-refractivity contribution is -0.116. The molecule has 0 aliphatic heterocycles. The van der Waals surface area contributed by atoms with Crippen molar-refractivity contribution in [3.8, 4) is 6.07 Å². The van der Waals surface area contributed by atoms with E-state index in [9.17, 15) is 4.79 Å². The molecule has 0 fully saturated rings. The van der Waals surface area contributed by atoms with Crippen molar-refractivity contribution < 1.29 is 4.79 Å². The Kier molecular flexibility index (Phi) is 5.86. The van der Waals surface area contributed by atoms with Crippen LogP contribution in [0.3, 0.4) is 0 Å². The highest BCUT2D eigenvalue weighted by Gasteiger charge is 2.03. The van der Waals surface area contributed by atoms with Crippen LogP contribution in [0.1, 0.15) is 45.1 Å². The molecule has 0 saturated heterocycles. The first kappa shape index (κ1) is 14.2. The largest absolute Gasteiger partial charge is 0.311 e. The quantitative estimate of drug-likeness (QED) is 0.783. The number of amides is 1. The van der Waals surface area contributed by atoms with E-state index in [0.717, 1.165) is 19.3 Å². The summed E-state index contributed by atoms with van der Waals surface area (Å²) in [6.45, 7) is 4.36. The molecule has 1 heterocycles. The van der Waals surface area contributed by atoms with Gasteiger partial charge in [0.1, 0.15) is 11.9 Å². The van der Waals surface area contributed by atoms with Crippen molar-refractivity contribution in [2.75, 3.05) is 5.32 Å². The Morgan fingerprint density at radius 2 is 2.22 bits per heavy atom. The zero-order valence-electron chi connectivity index (χ0n) is 10.9. The molecule has 0 radical (unpaired) electrons. The van der Waals surface area contributed by atoms with Gasteiger partial charge in [-0.15, -0.1) is 0 Å². The standard InChI is InChI=1S/C14H19N3O/c1-11(2)5-3-4-6-14(18)17-13-8-7-12(9-15)10-16-13/h7-8,10-11H,3-6H2,1-2H3,(H,16,17,18). The molecular formula is C14H19N3O. The zero-order chi connectivity index (χ0) is 13.4. The molecule has 1 aromatic heterocycles. The summed E-state index contributed by atoms with van der Waals surface area (Å²) in [5.74, 6) is 1.17. The fourth-order valence-electron chi connectivity index (χ4n) is 1.58. The summed E-state index contributed by atoms with van der Waals surface area (Å²) < 4.78 is 0. The first-order chi connectivity index (χ1) is 8.61. The van der Waals surface area contributed by atoms with Crippen LogP contribution >= 0.6 is 0 Å². The number of hydrogen-bond donors (Lipinski definition) is 1. The minimum Gasteiger partial charge on any atom is -0.311 e. The average molecular weight is 245 g/mol. The van der Waals surface area contributed by atoms with E-state index in [1.54, 1.807) is 12.1 Å². The van der Waals surface area contributed by atoms with Crippen LogP contribution in [0, 0.1) is 17.2 Å². The molecule has 1 amide bonds. The van der Waals surface area contributed by atoms with Crippen LogP contribution in [0.5, 0.6) is 0 Å². The van der Waals surface area contributed by atoms with Crippen molar-refractivity contribution in [2.24, 2.45) is 5.92 Å². The molecule has 0 atom stereocenters. The van der Waals surface area contributed by atoms with Gasteiger partial charge in [-0.2, -0.15) is 5.26 Å². The Bertz CT molecular complexity index is 418. The second-order valence-corrected chi connectivity index (χ2v) is 4.73. The summed E-state index contributed by atoms with van der Waals surface area (Å²) in [5, 5.41) is 11.3. The molecule has 1 N–H and O–H groups in total. The molecule has 0 saturated carbocycles. The van der Waals surface area contributed by atoms with Crippen LogP contribution < -0.4 is 5.32 Å². The van der Waals surface area contributed by atoms with E-state index >= 15 is 0 Å². The van der Waals surface area contributed by atoms with E-state index < -0.39 is 0 Å². The van der Waals surface area contributed by atoms with E-state index in [-0.39, 0.29) is 5.91 Å². The third kappa shape index (κ3) is 5.44. The lowest BCUT2D eigenvalue weighted by atomic mass is 10.1. The molecule has 0 aliphatic rings. The molecule has 0 bridgehead atoms. The van der Waals surface area contributed by atoms with Gasteiger partial charge in [0.2, 0.25) is 5.91 Å². The van der Waals surface area contributed by atoms with Crippen molar-refractivity contribution in [3.63, 3.8) is 0 Å². The lowest BCUT2D eigenvalue weighted by Crippen LogP contribution is -2.12. The van der Waals surface area contributed by atoms with Gasteiger partial charge in [-0.3, -0.25) is 4.79 Å². The third-order valence-corrected chi connectivity index (χ3v) is 2.60. The monoisotopic (exact) mass is 245 g/mol. The number of unbranched alkanes of at least 4 members (excludes halogenated alkanes) is 1. The highest BCUT2D eigenvalue weighted by Crippen LogP contribution is 2.09. The number of rotatable bonds is 6. The fourth-order valence-corrected chi connectivity index (χ4v) is 1.58. The highest BCUT2D eigenvalue weighted by molar-refractivity contribution is 5.89. The predicted molar refractivity (Wildman–Crippen MR) is 70.9 cm³/mol. The van der Waals surface area contributed by atoms with Crippen LogP contribution in [0.15, 0.2) is 18.3 Å². The number of pyridine rings is 1. The molecule has 0 aromatic carbocycles. The first-order valence-electron chi connectivity index (χ1n) is 6.28. The number of nitriles is 1. The Morgan fingerprint density at radius 1 is 1.44 bits per heavy atom. The Labute approximate surface area is 108 Å². The van der Waals surface area contributed by atoms with E-state index in [2.05, 4.69) is 24.1 Å². The zero-order valence-corrected chi connectivity index (χ0v) is 10.9. The Morgan fingerprint density at radius 3 is 2.78 bits per heavy atom. The maximum atomic E-state index is 11.6. The van der Waals surface area contributed by atoms with Crippen LogP contribution in [0.2, 0.25) is 0 Å². The number of anilines is 1. The molecule has 0 aliphatic carbocycles. The first-order valence-corrected chi connectivity index (χ1v) is 6.28. The molecule has 18 heavy (non-hydrogen) atoms. The van der Waals surface area contributed by atoms with E-state index in [4.69, 9.17) is 5.26 Å². The van der Waals surface area contributed by atoms with Crippen LogP contribution in [0.4, 0.5) is 5.82 Å². The van der Waals surface area contributed by atoms with Crippen molar-refractivity contribution in [1.82, 2.24) is 4.98 Å². The van der Waals surface area contributed by atoms with Gasteiger partial charge in [-0.05, 0) is 24.5 Å². The molecule has 0 spiro atoms. The topological polar surface area (TPSA) is 65.8 Å². The minimum absolute atomic E-state index is 0.0176. The summed E-state index contributed by atoms with van der Waals surface area (Å²) in [6.07, 6.45) is 5.11. The summed E-state index contributed by atoms with van der Waals surface area (Å²) >= 11 is 0. The van der Waals surface area contributed by atoms with Crippen LogP contribution in [0.25, 0.3) is 0 Å². The van der Waals surface area contributed by atoms with E-state index in [1.165, 1.54) is 6.20 Å². The maximum absolute atomic E-state index is 11.6. The van der Waals surface area contributed by atoms with E-state index in [0.29, 0.717) is 23.7 Å². The van der Waals surface area contributed by atoms with Gasteiger partial charge in [0.15, 0.2) is 0 Å². The SMILES string of the molecule is CC(C)CCCCC(=O)Nc1ccc(C#N)cn1. The number of aromatic nitrogens is 1. The molecule has 96 valence electrons. The molecule has 4 nitrogen and oxygen atoms in total. The molecule has 1 rings (SSSR count). The third-order valence-electron chi connectivity index (χ3n) is 2.60. The lowest BCUT2D eigenvalue weighted by Gasteiger charge is -2.05. The number of carbonyl (C=O) groups is 1.